The van der Waals surface area contributed by atoms with Crippen LogP contribution in [0.5, 0.6) is 0 Å². The lowest BCUT2D eigenvalue weighted by atomic mass is 9.97. The number of piperidine rings is 1. The molecule has 2 atom stereocenters. The molecular weight excluding hydrogens is 170 g/mol. The molecule has 0 aromatic heterocycles. The van der Waals surface area contributed by atoms with Crippen molar-refractivity contribution in [1.29, 1.82) is 0 Å². The Kier molecular flexibility index (Phi) is 3.06. The molecule has 1 rings (SSSR count). The lowest BCUT2D eigenvalue weighted by molar-refractivity contribution is -0.156. The van der Waals surface area contributed by atoms with Crippen LogP contribution in [0, 0.1) is 5.92 Å². The molecule has 4 nitrogen and oxygen atoms in total. The number of esters is 1. The van der Waals surface area contributed by atoms with E-state index in [1.807, 2.05) is 6.92 Å². The number of hydrogen-bond acceptors (Lipinski definition) is 3. The van der Waals surface area contributed by atoms with Crippen LogP contribution in [0.2, 0.25) is 0 Å². The molecule has 1 fully saturated rings. The van der Waals surface area contributed by atoms with Gasteiger partial charge >= 0.3 is 5.97 Å². The van der Waals surface area contributed by atoms with E-state index in [0.717, 1.165) is 12.5 Å². The van der Waals surface area contributed by atoms with Crippen LogP contribution in [0.3, 0.4) is 0 Å². The van der Waals surface area contributed by atoms with Crippen molar-refractivity contribution in [3.8, 4) is 0 Å². The molecule has 0 radical (unpaired) electrons. The monoisotopic (exact) mass is 183 g/mol. The first-order valence-corrected chi connectivity index (χ1v) is 4.26. The topological polar surface area (TPSA) is 55.4 Å². The van der Waals surface area contributed by atoms with Crippen LogP contribution in [0.1, 0.15) is 13.3 Å². The molecule has 0 spiro atoms. The summed E-state index contributed by atoms with van der Waals surface area (Å²) >= 11 is 0. The van der Waals surface area contributed by atoms with E-state index < -0.39 is 12.1 Å². The summed E-state index contributed by atoms with van der Waals surface area (Å²) in [6, 6.07) is 0. The predicted octanol–water partition coefficient (Wildman–Crippen LogP) is 0.240. The van der Waals surface area contributed by atoms with Gasteiger partial charge in [0.05, 0.1) is 0 Å². The maximum atomic E-state index is 11.2. The van der Waals surface area contributed by atoms with Gasteiger partial charge in [0.1, 0.15) is 0 Å². The average Bonchev–Trinajstić information content (AvgIpc) is 2.11. The minimum absolute atomic E-state index is 0.0812. The van der Waals surface area contributed by atoms with Crippen LogP contribution < -0.4 is 5.32 Å². The summed E-state index contributed by atoms with van der Waals surface area (Å²) in [6.07, 6.45) is 1.24. The second-order valence-corrected chi connectivity index (χ2v) is 3.12. The van der Waals surface area contributed by atoms with Gasteiger partial charge in [-0.05, 0) is 6.42 Å². The summed E-state index contributed by atoms with van der Waals surface area (Å²) < 4.78 is 4.90. The first kappa shape index (κ1) is 9.77. The Balaban J connectivity index is 2.58. The second kappa shape index (κ2) is 4.07. The molecule has 0 bridgehead atoms. The Labute approximate surface area is 76.9 Å². The molecule has 13 heavy (non-hydrogen) atoms. The number of hydrogen-bond donors (Lipinski definition) is 1. The van der Waals surface area contributed by atoms with Crippen molar-refractivity contribution in [1.82, 2.24) is 5.32 Å². The normalized spacial score (nSPS) is 27.6. The Hall–Kier alpha value is -1.32. The van der Waals surface area contributed by atoms with Gasteiger partial charge in [-0.3, -0.25) is 4.79 Å². The van der Waals surface area contributed by atoms with E-state index in [-0.39, 0.29) is 11.8 Å². The molecule has 0 saturated carbocycles. The highest BCUT2D eigenvalue weighted by Crippen LogP contribution is 2.15. The van der Waals surface area contributed by atoms with Crippen molar-refractivity contribution in [2.24, 2.45) is 5.92 Å². The molecular formula is C9H13NO3. The first-order valence-electron chi connectivity index (χ1n) is 4.26. The van der Waals surface area contributed by atoms with Crippen molar-refractivity contribution in [2.45, 2.75) is 19.4 Å². The van der Waals surface area contributed by atoms with Crippen LogP contribution in [-0.4, -0.2) is 24.5 Å². The number of ether oxygens (including phenoxy) is 1. The Morgan fingerprint density at radius 1 is 1.77 bits per heavy atom. The van der Waals surface area contributed by atoms with Gasteiger partial charge in [0, 0.05) is 18.5 Å². The minimum atomic E-state index is -0.653. The average molecular weight is 183 g/mol. The molecule has 0 aromatic rings. The Morgan fingerprint density at radius 2 is 2.46 bits per heavy atom. The van der Waals surface area contributed by atoms with Gasteiger partial charge in [-0.1, -0.05) is 13.5 Å². The van der Waals surface area contributed by atoms with Gasteiger partial charge in [-0.15, -0.1) is 0 Å². The second-order valence-electron chi connectivity index (χ2n) is 3.12. The molecule has 2 unspecified atom stereocenters. The molecule has 1 amide bonds. The van der Waals surface area contributed by atoms with E-state index in [2.05, 4.69) is 11.9 Å². The fourth-order valence-electron chi connectivity index (χ4n) is 1.28. The highest BCUT2D eigenvalue weighted by Gasteiger charge is 2.31. The van der Waals surface area contributed by atoms with Gasteiger partial charge in [-0.2, -0.15) is 0 Å². The van der Waals surface area contributed by atoms with Gasteiger partial charge in [0.2, 0.25) is 0 Å². The zero-order valence-corrected chi connectivity index (χ0v) is 7.58. The molecule has 1 N–H and O–H groups in total. The number of amides is 1. The third-order valence-corrected chi connectivity index (χ3v) is 2.08. The van der Waals surface area contributed by atoms with Crippen molar-refractivity contribution < 1.29 is 14.3 Å². The van der Waals surface area contributed by atoms with E-state index in [4.69, 9.17) is 4.74 Å². The summed E-state index contributed by atoms with van der Waals surface area (Å²) in [5, 5.41) is 2.64. The SMILES string of the molecule is C=CC(=O)OC1C(=O)NCCC1C. The lowest BCUT2D eigenvalue weighted by Gasteiger charge is -2.27. The van der Waals surface area contributed by atoms with E-state index in [0.29, 0.717) is 6.54 Å². The lowest BCUT2D eigenvalue weighted by Crippen LogP contribution is -2.47. The summed E-state index contributed by atoms with van der Waals surface area (Å²) in [4.78, 5) is 22.1. The molecule has 1 aliphatic rings. The molecule has 0 aromatic carbocycles. The summed E-state index contributed by atoms with van der Waals surface area (Å²) in [5.74, 6) is -0.680. The fraction of sp³-hybridized carbons (Fsp3) is 0.556. The molecule has 1 saturated heterocycles. The minimum Gasteiger partial charge on any atom is -0.449 e. The maximum absolute atomic E-state index is 11.2. The van der Waals surface area contributed by atoms with E-state index in [1.165, 1.54) is 0 Å². The van der Waals surface area contributed by atoms with Crippen molar-refractivity contribution >= 4 is 11.9 Å². The summed E-state index contributed by atoms with van der Waals surface area (Å²) in [6.45, 7) is 5.81. The van der Waals surface area contributed by atoms with Crippen LogP contribution in [0.25, 0.3) is 0 Å². The Morgan fingerprint density at radius 3 is 3.00 bits per heavy atom. The Bertz CT molecular complexity index is 237. The number of nitrogens with one attached hydrogen (secondary N) is 1. The van der Waals surface area contributed by atoms with Crippen molar-refractivity contribution in [3.63, 3.8) is 0 Å². The molecule has 0 aliphatic carbocycles. The van der Waals surface area contributed by atoms with Crippen LogP contribution in [0.4, 0.5) is 0 Å². The molecule has 4 heteroatoms. The fourth-order valence-corrected chi connectivity index (χ4v) is 1.28. The number of carbonyl (C=O) groups excluding carboxylic acids is 2. The smallest absolute Gasteiger partial charge is 0.330 e. The molecule has 1 aliphatic heterocycles. The zero-order chi connectivity index (χ0) is 9.84. The van der Waals surface area contributed by atoms with Crippen molar-refractivity contribution in [3.05, 3.63) is 12.7 Å². The van der Waals surface area contributed by atoms with Gasteiger partial charge in [0.25, 0.3) is 5.91 Å². The summed E-state index contributed by atoms with van der Waals surface area (Å²) in [5.41, 5.74) is 0. The van der Waals surface area contributed by atoms with Gasteiger partial charge in [0.15, 0.2) is 6.10 Å². The number of rotatable bonds is 2. The third kappa shape index (κ3) is 2.31. The number of carbonyl (C=O) groups is 2. The standard InChI is InChI=1S/C9H13NO3/c1-3-7(11)13-8-6(2)4-5-10-9(8)12/h3,6,8H,1,4-5H2,2H3,(H,10,12). The first-order chi connectivity index (χ1) is 6.15. The quantitative estimate of drug-likeness (QED) is 0.493. The van der Waals surface area contributed by atoms with Crippen LogP contribution in [-0.2, 0) is 14.3 Å². The van der Waals surface area contributed by atoms with Crippen LogP contribution >= 0.6 is 0 Å². The third-order valence-electron chi connectivity index (χ3n) is 2.08. The summed E-state index contributed by atoms with van der Waals surface area (Å²) in [7, 11) is 0. The van der Waals surface area contributed by atoms with E-state index in [9.17, 15) is 9.59 Å². The van der Waals surface area contributed by atoms with E-state index >= 15 is 0 Å². The largest absolute Gasteiger partial charge is 0.449 e. The molecule has 72 valence electrons. The van der Waals surface area contributed by atoms with Gasteiger partial charge in [-0.25, -0.2) is 4.79 Å². The highest BCUT2D eigenvalue weighted by molar-refractivity contribution is 5.87. The predicted molar refractivity (Wildman–Crippen MR) is 46.9 cm³/mol. The molecule has 1 heterocycles. The van der Waals surface area contributed by atoms with Crippen LogP contribution in [0.15, 0.2) is 12.7 Å². The van der Waals surface area contributed by atoms with Gasteiger partial charge < -0.3 is 10.1 Å². The highest BCUT2D eigenvalue weighted by atomic mass is 16.5. The zero-order valence-electron chi connectivity index (χ0n) is 7.58. The maximum Gasteiger partial charge on any atom is 0.330 e. The van der Waals surface area contributed by atoms with E-state index in [1.54, 1.807) is 0 Å². The van der Waals surface area contributed by atoms with Crippen molar-refractivity contribution in [2.75, 3.05) is 6.54 Å².